The van der Waals surface area contributed by atoms with Gasteiger partial charge in [0.05, 0.1) is 0 Å². The van der Waals surface area contributed by atoms with Crippen molar-refractivity contribution in [3.05, 3.63) is 51.9 Å². The monoisotopic (exact) mass is 366 g/mol. The summed E-state index contributed by atoms with van der Waals surface area (Å²) in [7, 11) is 0. The summed E-state index contributed by atoms with van der Waals surface area (Å²) >= 11 is 12.0. The van der Waals surface area contributed by atoms with Crippen LogP contribution in [-0.4, -0.2) is 28.0 Å². The Kier molecular flexibility index (Phi) is 6.02. The van der Waals surface area contributed by atoms with Crippen molar-refractivity contribution in [1.82, 2.24) is 15.3 Å². The van der Waals surface area contributed by atoms with Gasteiger partial charge in [0.25, 0.3) is 5.91 Å². The molecule has 7 heteroatoms. The lowest BCUT2D eigenvalue weighted by Crippen LogP contribution is -2.29. The minimum absolute atomic E-state index is 0.145. The number of benzene rings is 1. The van der Waals surface area contributed by atoms with Crippen LogP contribution in [0.3, 0.4) is 0 Å². The Balaban J connectivity index is 1.94. The number of halogens is 2. The number of carbonyl (C=O) groups is 1. The van der Waals surface area contributed by atoms with Crippen molar-refractivity contribution in [2.45, 2.75) is 32.7 Å². The van der Waals surface area contributed by atoms with Gasteiger partial charge >= 0.3 is 0 Å². The van der Waals surface area contributed by atoms with Crippen LogP contribution in [0.5, 0.6) is 0 Å². The fourth-order valence-electron chi connectivity index (χ4n) is 2.06. The molecular formula is C17H20Cl2N4O. The first-order chi connectivity index (χ1) is 11.2. The molecule has 0 radical (unpaired) electrons. The van der Waals surface area contributed by atoms with Crippen LogP contribution < -0.4 is 10.6 Å². The van der Waals surface area contributed by atoms with E-state index in [1.165, 1.54) is 6.33 Å². The van der Waals surface area contributed by atoms with Gasteiger partial charge in [0, 0.05) is 28.2 Å². The maximum atomic E-state index is 12.2. The second kappa shape index (κ2) is 7.81. The van der Waals surface area contributed by atoms with Crippen molar-refractivity contribution in [2.75, 3.05) is 11.9 Å². The molecule has 0 spiro atoms. The predicted octanol–water partition coefficient (Wildman–Crippen LogP) is 3.97. The molecule has 0 aliphatic heterocycles. The van der Waals surface area contributed by atoms with Gasteiger partial charge in [-0.05, 0) is 44.9 Å². The van der Waals surface area contributed by atoms with Crippen LogP contribution in [0.15, 0.2) is 30.6 Å². The molecular weight excluding hydrogens is 347 g/mol. The number of rotatable bonds is 5. The first-order valence-corrected chi connectivity index (χ1v) is 8.32. The van der Waals surface area contributed by atoms with Crippen LogP contribution in [0.2, 0.25) is 10.0 Å². The second-order valence-corrected chi connectivity index (χ2v) is 7.25. The number of carbonyl (C=O) groups excluding carboxylic acids is 1. The van der Waals surface area contributed by atoms with E-state index in [0.29, 0.717) is 34.5 Å². The smallest absolute Gasteiger partial charge is 0.270 e. The van der Waals surface area contributed by atoms with E-state index >= 15 is 0 Å². The van der Waals surface area contributed by atoms with Crippen LogP contribution in [0.25, 0.3) is 0 Å². The van der Waals surface area contributed by atoms with Crippen molar-refractivity contribution >= 4 is 34.9 Å². The number of nitrogens with one attached hydrogen (secondary N) is 2. The minimum atomic E-state index is -0.251. The molecule has 0 saturated carbocycles. The van der Waals surface area contributed by atoms with Gasteiger partial charge in [-0.15, -0.1) is 0 Å². The molecule has 0 aliphatic carbocycles. The highest BCUT2D eigenvalue weighted by atomic mass is 35.5. The number of hydrogen-bond donors (Lipinski definition) is 2. The highest BCUT2D eigenvalue weighted by Gasteiger charge is 2.13. The zero-order valence-corrected chi connectivity index (χ0v) is 15.4. The Morgan fingerprint density at radius 2 is 1.92 bits per heavy atom. The van der Waals surface area contributed by atoms with E-state index in [4.69, 9.17) is 23.2 Å². The Bertz CT molecular complexity index is 729. The van der Waals surface area contributed by atoms with E-state index in [1.54, 1.807) is 18.2 Å². The summed E-state index contributed by atoms with van der Waals surface area (Å²) in [5.74, 6) is 0.364. The zero-order valence-electron chi connectivity index (χ0n) is 13.9. The molecule has 2 rings (SSSR count). The molecule has 2 aromatic rings. The molecule has 1 amide bonds. The molecule has 5 nitrogen and oxygen atoms in total. The summed E-state index contributed by atoms with van der Waals surface area (Å²) in [5.41, 5.74) is 1.10. The summed E-state index contributed by atoms with van der Waals surface area (Å²) in [5, 5.41) is 7.22. The van der Waals surface area contributed by atoms with E-state index in [1.807, 2.05) is 26.8 Å². The molecule has 1 heterocycles. The third kappa shape index (κ3) is 5.65. The molecule has 0 unspecified atom stereocenters. The van der Waals surface area contributed by atoms with Gasteiger partial charge in [-0.3, -0.25) is 4.79 Å². The number of anilines is 1. The summed E-state index contributed by atoms with van der Waals surface area (Å²) in [6, 6.07) is 6.96. The quantitative estimate of drug-likeness (QED) is 0.839. The minimum Gasteiger partial charge on any atom is -0.365 e. The van der Waals surface area contributed by atoms with Crippen molar-refractivity contribution in [3.63, 3.8) is 0 Å². The molecule has 128 valence electrons. The lowest BCUT2D eigenvalue weighted by Gasteiger charge is -2.21. The third-order valence-electron chi connectivity index (χ3n) is 3.10. The van der Waals surface area contributed by atoms with Gasteiger partial charge in [-0.25, -0.2) is 9.97 Å². The van der Waals surface area contributed by atoms with Gasteiger partial charge in [0.1, 0.15) is 17.8 Å². The molecule has 24 heavy (non-hydrogen) atoms. The molecule has 0 aliphatic rings. The molecule has 2 N–H and O–H groups in total. The second-order valence-electron chi connectivity index (χ2n) is 6.41. The molecule has 1 aromatic carbocycles. The lowest BCUT2D eigenvalue weighted by atomic mass is 10.1. The Labute approximate surface area is 151 Å². The Morgan fingerprint density at radius 3 is 2.58 bits per heavy atom. The van der Waals surface area contributed by atoms with Crippen LogP contribution in [0.1, 0.15) is 36.8 Å². The predicted molar refractivity (Wildman–Crippen MR) is 97.9 cm³/mol. The fourth-order valence-corrected chi connectivity index (χ4v) is 2.56. The average molecular weight is 367 g/mol. The molecule has 0 fully saturated rings. The van der Waals surface area contributed by atoms with E-state index in [9.17, 15) is 4.79 Å². The highest BCUT2D eigenvalue weighted by Crippen LogP contribution is 2.21. The molecule has 0 bridgehead atoms. The maximum absolute atomic E-state index is 12.2. The van der Waals surface area contributed by atoms with Gasteiger partial charge in [-0.1, -0.05) is 29.3 Å². The number of nitrogens with zero attached hydrogens (tertiary/aromatic N) is 2. The normalized spacial score (nSPS) is 11.2. The van der Waals surface area contributed by atoms with Crippen LogP contribution in [0, 0.1) is 0 Å². The summed E-state index contributed by atoms with van der Waals surface area (Å²) < 4.78 is 0. The lowest BCUT2D eigenvalue weighted by molar-refractivity contribution is 0.0949. The first kappa shape index (κ1) is 18.5. The van der Waals surface area contributed by atoms with Crippen molar-refractivity contribution in [3.8, 4) is 0 Å². The van der Waals surface area contributed by atoms with Crippen molar-refractivity contribution < 1.29 is 4.79 Å². The summed E-state index contributed by atoms with van der Waals surface area (Å²) in [6.45, 7) is 6.51. The van der Waals surface area contributed by atoms with E-state index in [-0.39, 0.29) is 11.4 Å². The molecule has 0 saturated heterocycles. The van der Waals surface area contributed by atoms with Gasteiger partial charge in [-0.2, -0.15) is 0 Å². The van der Waals surface area contributed by atoms with Crippen LogP contribution >= 0.6 is 23.2 Å². The van der Waals surface area contributed by atoms with E-state index in [2.05, 4.69) is 20.6 Å². The van der Waals surface area contributed by atoms with Crippen LogP contribution in [0.4, 0.5) is 5.82 Å². The topological polar surface area (TPSA) is 66.9 Å². The number of amides is 1. The van der Waals surface area contributed by atoms with E-state index in [0.717, 1.165) is 5.56 Å². The number of hydrogen-bond acceptors (Lipinski definition) is 4. The zero-order chi connectivity index (χ0) is 17.7. The SMILES string of the molecule is CC(C)(C)Nc1cc(C(=O)NCCc2ccc(Cl)cc2Cl)ncn1. The molecule has 1 aromatic heterocycles. The van der Waals surface area contributed by atoms with Crippen LogP contribution in [-0.2, 0) is 6.42 Å². The highest BCUT2D eigenvalue weighted by molar-refractivity contribution is 6.35. The summed E-state index contributed by atoms with van der Waals surface area (Å²) in [6.07, 6.45) is 1.99. The van der Waals surface area contributed by atoms with Gasteiger partial charge in [0.2, 0.25) is 0 Å². The Morgan fingerprint density at radius 1 is 1.17 bits per heavy atom. The maximum Gasteiger partial charge on any atom is 0.270 e. The van der Waals surface area contributed by atoms with E-state index < -0.39 is 0 Å². The Hall–Kier alpha value is -1.85. The molecule has 0 atom stereocenters. The third-order valence-corrected chi connectivity index (χ3v) is 3.68. The standard InChI is InChI=1S/C17H20Cl2N4O/c1-17(2,3)23-15-9-14(21-10-22-15)16(24)20-7-6-11-4-5-12(18)8-13(11)19/h4-5,8-10H,6-7H2,1-3H3,(H,20,24)(H,21,22,23). The van der Waals surface area contributed by atoms with Crippen molar-refractivity contribution in [2.24, 2.45) is 0 Å². The van der Waals surface area contributed by atoms with Gasteiger partial charge in [0.15, 0.2) is 0 Å². The van der Waals surface area contributed by atoms with Gasteiger partial charge < -0.3 is 10.6 Å². The first-order valence-electron chi connectivity index (χ1n) is 7.57. The average Bonchev–Trinajstić information content (AvgIpc) is 2.48. The van der Waals surface area contributed by atoms with Crippen molar-refractivity contribution in [1.29, 1.82) is 0 Å². The number of aromatic nitrogens is 2. The summed E-state index contributed by atoms with van der Waals surface area (Å²) in [4.78, 5) is 20.3. The largest absolute Gasteiger partial charge is 0.365 e. The fraction of sp³-hybridized carbons (Fsp3) is 0.353.